The monoisotopic (exact) mass is 370 g/mol. The van der Waals surface area contributed by atoms with E-state index >= 15 is 0 Å². The molecule has 2 atom stereocenters. The Morgan fingerprint density at radius 1 is 1.22 bits per heavy atom. The van der Waals surface area contributed by atoms with Crippen molar-refractivity contribution in [1.82, 2.24) is 10.2 Å². The summed E-state index contributed by atoms with van der Waals surface area (Å²) in [6, 6.07) is 6.10. The highest BCUT2D eigenvalue weighted by Crippen LogP contribution is 2.42. The summed E-state index contributed by atoms with van der Waals surface area (Å²) in [4.78, 5) is 52.8. The van der Waals surface area contributed by atoms with Crippen molar-refractivity contribution in [1.29, 1.82) is 0 Å². The number of para-hydroxylation sites is 2. The number of anilines is 2. The van der Waals surface area contributed by atoms with Crippen LogP contribution in [0.3, 0.4) is 0 Å². The molecule has 2 aliphatic heterocycles. The molecule has 3 aliphatic rings. The fourth-order valence-corrected chi connectivity index (χ4v) is 3.98. The number of carbonyl (C=O) groups is 4. The van der Waals surface area contributed by atoms with Gasteiger partial charge in [0.2, 0.25) is 11.8 Å². The molecule has 142 valence electrons. The van der Waals surface area contributed by atoms with Crippen molar-refractivity contribution in [3.05, 3.63) is 24.3 Å². The van der Waals surface area contributed by atoms with Crippen LogP contribution in [-0.2, 0) is 14.4 Å². The van der Waals surface area contributed by atoms with Crippen molar-refractivity contribution >= 4 is 35.1 Å². The minimum Gasteiger partial charge on any atom is -0.324 e. The number of fused-ring (bicyclic) bond motifs is 1. The van der Waals surface area contributed by atoms with Gasteiger partial charge in [0.25, 0.3) is 5.91 Å². The van der Waals surface area contributed by atoms with E-state index in [9.17, 15) is 19.2 Å². The molecule has 27 heavy (non-hydrogen) atoms. The highest BCUT2D eigenvalue weighted by atomic mass is 16.2. The summed E-state index contributed by atoms with van der Waals surface area (Å²) >= 11 is 0. The van der Waals surface area contributed by atoms with Crippen LogP contribution in [0.1, 0.15) is 33.1 Å². The Hall–Kier alpha value is -2.90. The van der Waals surface area contributed by atoms with Crippen molar-refractivity contribution in [2.24, 2.45) is 5.92 Å². The van der Waals surface area contributed by atoms with E-state index in [-0.39, 0.29) is 30.7 Å². The van der Waals surface area contributed by atoms with Crippen molar-refractivity contribution < 1.29 is 19.2 Å². The van der Waals surface area contributed by atoms with Crippen LogP contribution in [0.2, 0.25) is 0 Å². The molecule has 5 amide bonds. The normalized spacial score (nSPS) is 27.8. The van der Waals surface area contributed by atoms with Crippen LogP contribution in [-0.4, -0.2) is 46.8 Å². The smallest absolute Gasteiger partial charge is 0.324 e. The average molecular weight is 370 g/mol. The molecule has 0 aromatic heterocycles. The molecule has 4 rings (SSSR count). The lowest BCUT2D eigenvalue weighted by Gasteiger charge is -2.29. The lowest BCUT2D eigenvalue weighted by Crippen LogP contribution is -2.48. The molecule has 8 nitrogen and oxygen atoms in total. The third-order valence-electron chi connectivity index (χ3n) is 5.62. The van der Waals surface area contributed by atoms with Crippen LogP contribution in [0.5, 0.6) is 0 Å². The zero-order valence-corrected chi connectivity index (χ0v) is 15.3. The Labute approximate surface area is 156 Å². The fourth-order valence-electron chi connectivity index (χ4n) is 3.98. The summed E-state index contributed by atoms with van der Waals surface area (Å²) in [5.41, 5.74) is 0.190. The van der Waals surface area contributed by atoms with Gasteiger partial charge in [-0.3, -0.25) is 19.3 Å². The molecule has 0 unspecified atom stereocenters. The number of imide groups is 1. The van der Waals surface area contributed by atoms with Crippen LogP contribution in [0.15, 0.2) is 24.3 Å². The number of carbonyl (C=O) groups excluding carboxylic acids is 4. The second-order valence-corrected chi connectivity index (χ2v) is 7.68. The minimum absolute atomic E-state index is 0.133. The molecule has 0 spiro atoms. The predicted octanol–water partition coefficient (Wildman–Crippen LogP) is 1.47. The highest BCUT2D eigenvalue weighted by molar-refractivity contribution is 6.12. The Kier molecular flexibility index (Phi) is 3.94. The highest BCUT2D eigenvalue weighted by Gasteiger charge is 2.56. The zero-order valence-electron chi connectivity index (χ0n) is 15.3. The Morgan fingerprint density at radius 2 is 1.93 bits per heavy atom. The quantitative estimate of drug-likeness (QED) is 0.787. The Bertz CT molecular complexity index is 850. The number of nitrogens with zero attached hydrogens (tertiary/aromatic N) is 2. The van der Waals surface area contributed by atoms with E-state index in [1.807, 2.05) is 0 Å². The third kappa shape index (κ3) is 2.85. The zero-order chi connectivity index (χ0) is 19.3. The van der Waals surface area contributed by atoms with Crippen molar-refractivity contribution in [3.8, 4) is 0 Å². The summed E-state index contributed by atoms with van der Waals surface area (Å²) in [7, 11) is 0. The molecule has 1 saturated heterocycles. The maximum Gasteiger partial charge on any atom is 0.325 e. The van der Waals surface area contributed by atoms with Crippen molar-refractivity contribution in [3.63, 3.8) is 0 Å². The van der Waals surface area contributed by atoms with Gasteiger partial charge in [-0.25, -0.2) is 4.79 Å². The minimum atomic E-state index is -0.919. The standard InChI is InChI=1S/C19H22N4O4/c1-11-9-15(24)20-13-5-3-4-6-14(13)23(11)16(25)10-22-17(26)19(2,12-7-8-12)21-18(22)27/h3-6,11-12H,7-10H2,1-2H3,(H,20,24)(H,21,27)/t11-,19-/m0/s1. The number of amides is 5. The van der Waals surface area contributed by atoms with E-state index in [0.717, 1.165) is 17.7 Å². The maximum atomic E-state index is 13.1. The van der Waals surface area contributed by atoms with Crippen molar-refractivity contribution in [2.75, 3.05) is 16.8 Å². The lowest BCUT2D eigenvalue weighted by atomic mass is 9.96. The first kappa shape index (κ1) is 17.5. The molecule has 2 heterocycles. The van der Waals surface area contributed by atoms with Gasteiger partial charge >= 0.3 is 6.03 Å². The molecule has 2 fully saturated rings. The molecule has 1 aliphatic carbocycles. The van der Waals surface area contributed by atoms with Gasteiger partial charge < -0.3 is 15.5 Å². The van der Waals surface area contributed by atoms with Gasteiger partial charge in [-0.2, -0.15) is 0 Å². The van der Waals surface area contributed by atoms with Gasteiger partial charge in [-0.15, -0.1) is 0 Å². The second-order valence-electron chi connectivity index (χ2n) is 7.68. The Morgan fingerprint density at radius 3 is 2.63 bits per heavy atom. The third-order valence-corrected chi connectivity index (χ3v) is 5.62. The molecule has 2 N–H and O–H groups in total. The summed E-state index contributed by atoms with van der Waals surface area (Å²) in [6.45, 7) is 3.15. The van der Waals surface area contributed by atoms with Gasteiger partial charge in [0.15, 0.2) is 0 Å². The van der Waals surface area contributed by atoms with Gasteiger partial charge in [0.1, 0.15) is 12.1 Å². The molecule has 1 aromatic carbocycles. The van der Waals surface area contributed by atoms with E-state index in [1.165, 1.54) is 4.90 Å². The Balaban J connectivity index is 1.60. The molecule has 0 radical (unpaired) electrons. The first-order chi connectivity index (χ1) is 12.8. The van der Waals surface area contributed by atoms with Crippen LogP contribution in [0.25, 0.3) is 0 Å². The summed E-state index contributed by atoms with van der Waals surface area (Å²) in [6.07, 6.45) is 1.93. The van der Waals surface area contributed by atoms with Gasteiger partial charge in [-0.05, 0) is 44.7 Å². The van der Waals surface area contributed by atoms with E-state index in [2.05, 4.69) is 10.6 Å². The molecule has 8 heteroatoms. The van der Waals surface area contributed by atoms with E-state index < -0.39 is 23.5 Å². The van der Waals surface area contributed by atoms with Gasteiger partial charge in [-0.1, -0.05) is 12.1 Å². The summed E-state index contributed by atoms with van der Waals surface area (Å²) in [5.74, 6) is -0.793. The molecule has 1 saturated carbocycles. The number of nitrogens with one attached hydrogen (secondary N) is 2. The first-order valence-corrected chi connectivity index (χ1v) is 9.16. The summed E-state index contributed by atoms with van der Waals surface area (Å²) in [5, 5.41) is 5.54. The van der Waals surface area contributed by atoms with Crippen LogP contribution >= 0.6 is 0 Å². The molecular weight excluding hydrogens is 348 g/mol. The molecule has 0 bridgehead atoms. The lowest BCUT2D eigenvalue weighted by molar-refractivity contribution is -0.134. The van der Waals surface area contributed by atoms with Gasteiger partial charge in [0, 0.05) is 12.5 Å². The molecule has 1 aromatic rings. The first-order valence-electron chi connectivity index (χ1n) is 9.16. The van der Waals surface area contributed by atoms with Gasteiger partial charge in [0.05, 0.1) is 11.4 Å². The van der Waals surface area contributed by atoms with E-state index in [0.29, 0.717) is 11.4 Å². The number of hydrogen-bond acceptors (Lipinski definition) is 4. The number of rotatable bonds is 3. The van der Waals surface area contributed by atoms with Crippen LogP contribution in [0, 0.1) is 5.92 Å². The second kappa shape index (κ2) is 6.07. The van der Waals surface area contributed by atoms with Crippen molar-refractivity contribution in [2.45, 2.75) is 44.7 Å². The van der Waals surface area contributed by atoms with Crippen LogP contribution in [0.4, 0.5) is 16.2 Å². The largest absolute Gasteiger partial charge is 0.325 e. The topological polar surface area (TPSA) is 98.8 Å². The molecular formula is C19H22N4O4. The SMILES string of the molecule is C[C@H]1CC(=O)Nc2ccccc2N1C(=O)CN1C(=O)N[C@@](C)(C2CC2)C1=O. The van der Waals surface area contributed by atoms with E-state index in [1.54, 1.807) is 38.1 Å². The average Bonchev–Trinajstić information content (AvgIpc) is 3.43. The summed E-state index contributed by atoms with van der Waals surface area (Å²) < 4.78 is 0. The number of benzene rings is 1. The number of urea groups is 1. The fraction of sp³-hybridized carbons (Fsp3) is 0.474. The maximum absolute atomic E-state index is 13.1. The van der Waals surface area contributed by atoms with Crippen LogP contribution < -0.4 is 15.5 Å². The predicted molar refractivity (Wildman–Crippen MR) is 98.0 cm³/mol. The number of hydrogen-bond donors (Lipinski definition) is 2. The van der Waals surface area contributed by atoms with E-state index in [4.69, 9.17) is 0 Å².